The maximum atomic E-state index is 12.9. The van der Waals surface area contributed by atoms with E-state index in [1.807, 2.05) is 12.1 Å². The summed E-state index contributed by atoms with van der Waals surface area (Å²) < 4.78 is 5.21. The van der Waals surface area contributed by atoms with E-state index in [0.29, 0.717) is 27.4 Å². The van der Waals surface area contributed by atoms with Gasteiger partial charge in [0.15, 0.2) is 5.13 Å². The number of carbonyl (C=O) groups excluding carboxylic acids is 1. The zero-order valence-electron chi connectivity index (χ0n) is 18.4. The number of nitrogens with one attached hydrogen (secondary N) is 2. The van der Waals surface area contributed by atoms with Gasteiger partial charge in [0.1, 0.15) is 16.4 Å². The lowest BCUT2D eigenvalue weighted by molar-refractivity contribution is 0.104. The van der Waals surface area contributed by atoms with Crippen LogP contribution in [0.4, 0.5) is 22.3 Å². The average Bonchev–Trinajstić information content (AvgIpc) is 3.19. The number of piperidine rings is 1. The van der Waals surface area contributed by atoms with Crippen LogP contribution in [0.1, 0.15) is 35.0 Å². The van der Waals surface area contributed by atoms with Crippen LogP contribution < -0.4 is 26.0 Å². The fourth-order valence-corrected chi connectivity index (χ4v) is 4.82. The molecule has 0 amide bonds. The number of hydrogen-bond donors (Lipinski definition) is 3. The molecule has 1 aliphatic heterocycles. The van der Waals surface area contributed by atoms with Gasteiger partial charge in [-0.1, -0.05) is 30.4 Å². The first kappa shape index (κ1) is 22.1. The monoisotopic (exact) mass is 451 g/mol. The molecule has 0 saturated carbocycles. The number of rotatable bonds is 8. The molecule has 0 bridgehead atoms. The molecule has 0 radical (unpaired) electrons. The normalized spacial score (nSPS) is 14.4. The number of nitrogens with two attached hydrogens (primary N) is 1. The number of nitrogen functional groups attached to an aromatic ring is 1. The minimum absolute atomic E-state index is 0.164. The Morgan fingerprint density at radius 3 is 2.66 bits per heavy atom. The molecule has 1 saturated heterocycles. The fraction of sp³-hybridized carbons (Fsp3) is 0.333. The molecule has 0 unspecified atom stereocenters. The summed E-state index contributed by atoms with van der Waals surface area (Å²) in [5, 5.41) is 7.40. The maximum Gasteiger partial charge on any atom is 0.206 e. The zero-order valence-corrected chi connectivity index (χ0v) is 19.2. The van der Waals surface area contributed by atoms with E-state index in [4.69, 9.17) is 10.5 Å². The number of anilines is 4. The van der Waals surface area contributed by atoms with Crippen molar-refractivity contribution in [3.05, 3.63) is 59.0 Å². The van der Waals surface area contributed by atoms with Crippen LogP contribution in [0.15, 0.2) is 48.5 Å². The van der Waals surface area contributed by atoms with Crippen molar-refractivity contribution in [2.24, 2.45) is 0 Å². The lowest BCUT2D eigenvalue weighted by Gasteiger charge is -2.34. The number of methoxy groups -OCH3 is 1. The van der Waals surface area contributed by atoms with E-state index < -0.39 is 0 Å². The smallest absolute Gasteiger partial charge is 0.206 e. The molecule has 0 atom stereocenters. The largest absolute Gasteiger partial charge is 0.497 e. The first-order chi connectivity index (χ1) is 15.6. The molecule has 168 valence electrons. The number of hydrogen-bond acceptors (Lipinski definition) is 8. The van der Waals surface area contributed by atoms with E-state index in [2.05, 4.69) is 39.6 Å². The number of thiazole rings is 1. The quantitative estimate of drug-likeness (QED) is 0.440. The molecular formula is C24H29N5O2S. The fourth-order valence-electron chi connectivity index (χ4n) is 3.95. The Morgan fingerprint density at radius 2 is 1.97 bits per heavy atom. The second kappa shape index (κ2) is 10.0. The van der Waals surface area contributed by atoms with Crippen LogP contribution in [0, 0.1) is 0 Å². The van der Waals surface area contributed by atoms with E-state index in [1.54, 1.807) is 31.4 Å². The summed E-state index contributed by atoms with van der Waals surface area (Å²) in [5.74, 6) is 0.692. The molecule has 4 N–H and O–H groups in total. The second-order valence-corrected chi connectivity index (χ2v) is 8.78. The van der Waals surface area contributed by atoms with Crippen molar-refractivity contribution >= 4 is 39.4 Å². The van der Waals surface area contributed by atoms with Crippen molar-refractivity contribution in [1.82, 2.24) is 10.3 Å². The average molecular weight is 452 g/mol. The van der Waals surface area contributed by atoms with E-state index in [1.165, 1.54) is 17.0 Å². The van der Waals surface area contributed by atoms with E-state index >= 15 is 0 Å². The van der Waals surface area contributed by atoms with Gasteiger partial charge in [-0.3, -0.25) is 4.79 Å². The van der Waals surface area contributed by atoms with E-state index in [9.17, 15) is 4.79 Å². The van der Waals surface area contributed by atoms with Crippen LogP contribution in [0.25, 0.3) is 0 Å². The highest BCUT2D eigenvalue weighted by molar-refractivity contribution is 7.18. The van der Waals surface area contributed by atoms with Crippen molar-refractivity contribution in [3.8, 4) is 5.75 Å². The van der Waals surface area contributed by atoms with Crippen molar-refractivity contribution in [2.45, 2.75) is 25.8 Å². The molecular weight excluding hydrogens is 422 g/mol. The Labute approximate surface area is 192 Å². The molecule has 1 fully saturated rings. The van der Waals surface area contributed by atoms with Crippen LogP contribution in [-0.2, 0) is 0 Å². The van der Waals surface area contributed by atoms with Gasteiger partial charge >= 0.3 is 0 Å². The van der Waals surface area contributed by atoms with Crippen molar-refractivity contribution in [2.75, 3.05) is 42.7 Å². The zero-order chi connectivity index (χ0) is 22.5. The molecule has 1 aliphatic rings. The van der Waals surface area contributed by atoms with Gasteiger partial charge in [0.05, 0.1) is 7.11 Å². The number of nitrogens with zero attached hydrogens (tertiary/aromatic N) is 2. The van der Waals surface area contributed by atoms with Crippen LogP contribution in [-0.4, -0.2) is 43.6 Å². The first-order valence-electron chi connectivity index (χ1n) is 10.9. The third kappa shape index (κ3) is 5.03. The topological polar surface area (TPSA) is 92.5 Å². The second-order valence-electron chi connectivity index (χ2n) is 7.79. The summed E-state index contributed by atoms with van der Waals surface area (Å²) in [6.07, 6.45) is 2.33. The molecule has 8 heteroatoms. The molecule has 3 aromatic rings. The summed E-state index contributed by atoms with van der Waals surface area (Å²) in [6, 6.07) is 16.0. The van der Waals surface area contributed by atoms with Gasteiger partial charge in [-0.2, -0.15) is 0 Å². The minimum atomic E-state index is -0.164. The molecule has 0 aliphatic carbocycles. The molecule has 1 aromatic heterocycles. The Hall–Kier alpha value is -3.10. The number of ether oxygens (including phenoxy) is 1. The lowest BCUT2D eigenvalue weighted by Crippen LogP contribution is -2.42. The Kier molecular flexibility index (Phi) is 6.92. The van der Waals surface area contributed by atoms with Crippen LogP contribution in [0.3, 0.4) is 0 Å². The minimum Gasteiger partial charge on any atom is -0.497 e. The highest BCUT2D eigenvalue weighted by atomic mass is 32.1. The molecule has 2 aromatic carbocycles. The van der Waals surface area contributed by atoms with Crippen molar-refractivity contribution in [3.63, 3.8) is 0 Å². The lowest BCUT2D eigenvalue weighted by atomic mass is 10.0. The summed E-state index contributed by atoms with van der Waals surface area (Å²) >= 11 is 1.25. The Morgan fingerprint density at radius 1 is 1.22 bits per heavy atom. The molecule has 4 rings (SSSR count). The predicted octanol–water partition coefficient (Wildman–Crippen LogP) is 4.29. The van der Waals surface area contributed by atoms with Crippen molar-refractivity contribution < 1.29 is 9.53 Å². The molecule has 7 nitrogen and oxygen atoms in total. The van der Waals surface area contributed by atoms with Gasteiger partial charge in [0.25, 0.3) is 0 Å². The summed E-state index contributed by atoms with van der Waals surface area (Å²) in [7, 11) is 1.57. The van der Waals surface area contributed by atoms with Gasteiger partial charge in [-0.15, -0.1) is 0 Å². The van der Waals surface area contributed by atoms with Crippen molar-refractivity contribution in [1.29, 1.82) is 0 Å². The van der Waals surface area contributed by atoms with Gasteiger partial charge in [-0.25, -0.2) is 4.98 Å². The highest BCUT2D eigenvalue weighted by Crippen LogP contribution is 2.31. The molecule has 32 heavy (non-hydrogen) atoms. The standard InChI is InChI=1S/C24H29N5O2S/c1-3-26-17-11-13-29(14-12-17)19-9-7-18(8-10-19)27-24-28-23(25)22(32-24)21(30)16-5-4-6-20(15-16)31-2/h4-10,15,17,26H,3,11-14,25H2,1-2H3,(H,27,28). The van der Waals surface area contributed by atoms with Gasteiger partial charge in [0, 0.05) is 36.1 Å². The highest BCUT2D eigenvalue weighted by Gasteiger charge is 2.20. The van der Waals surface area contributed by atoms with E-state index in [-0.39, 0.29) is 11.6 Å². The third-order valence-corrected chi connectivity index (χ3v) is 6.65. The predicted molar refractivity (Wildman–Crippen MR) is 132 cm³/mol. The van der Waals surface area contributed by atoms with Crippen LogP contribution >= 0.6 is 11.3 Å². The summed E-state index contributed by atoms with van der Waals surface area (Å²) in [4.78, 5) is 20.1. The summed E-state index contributed by atoms with van der Waals surface area (Å²) in [5.41, 5.74) is 8.70. The number of benzene rings is 2. The third-order valence-electron chi connectivity index (χ3n) is 5.66. The van der Waals surface area contributed by atoms with Gasteiger partial charge in [0.2, 0.25) is 5.78 Å². The van der Waals surface area contributed by atoms with Gasteiger partial charge in [-0.05, 0) is 55.8 Å². The Bertz CT molecular complexity index is 1060. The molecule has 0 spiro atoms. The number of aromatic nitrogens is 1. The van der Waals surface area contributed by atoms with E-state index in [0.717, 1.165) is 38.2 Å². The first-order valence-corrected chi connectivity index (χ1v) is 11.7. The SMILES string of the molecule is CCNC1CCN(c2ccc(Nc3nc(N)c(C(=O)c4cccc(OC)c4)s3)cc2)CC1. The van der Waals surface area contributed by atoms with Crippen LogP contribution in [0.2, 0.25) is 0 Å². The Balaban J connectivity index is 1.41. The number of carbonyl (C=O) groups is 1. The number of ketones is 1. The molecule has 2 heterocycles. The summed E-state index contributed by atoms with van der Waals surface area (Å²) in [6.45, 7) is 5.30. The van der Waals surface area contributed by atoms with Gasteiger partial charge < -0.3 is 26.0 Å². The van der Waals surface area contributed by atoms with Crippen LogP contribution in [0.5, 0.6) is 5.75 Å². The maximum absolute atomic E-state index is 12.9.